The molecule has 1 aromatic heterocycles. The van der Waals surface area contributed by atoms with E-state index in [0.29, 0.717) is 0 Å². The lowest BCUT2D eigenvalue weighted by molar-refractivity contribution is -0.138. The Morgan fingerprint density at radius 2 is 2.00 bits per heavy atom. The van der Waals surface area contributed by atoms with Gasteiger partial charge in [-0.1, -0.05) is 17.7 Å². The fourth-order valence-electron chi connectivity index (χ4n) is 2.19. The van der Waals surface area contributed by atoms with Crippen LogP contribution in [0.4, 0.5) is 19.1 Å². The van der Waals surface area contributed by atoms with Gasteiger partial charge in [0.2, 0.25) is 0 Å². The number of hydrazone groups is 1. The maximum atomic E-state index is 13.1. The molecule has 0 radical (unpaired) electrons. The van der Waals surface area contributed by atoms with E-state index in [2.05, 4.69) is 20.5 Å². The zero-order valence-corrected chi connectivity index (χ0v) is 13.9. The van der Waals surface area contributed by atoms with E-state index in [4.69, 9.17) is 21.4 Å². The van der Waals surface area contributed by atoms with Crippen LogP contribution in [0.5, 0.6) is 5.75 Å². The Morgan fingerprint density at radius 3 is 2.62 bits per heavy atom. The van der Waals surface area contributed by atoms with E-state index in [1.807, 2.05) is 0 Å². The summed E-state index contributed by atoms with van der Waals surface area (Å²) in [5.74, 6) is 0.363. The van der Waals surface area contributed by atoms with Gasteiger partial charge in [0.1, 0.15) is 6.61 Å². The first kappa shape index (κ1) is 18.4. The van der Waals surface area contributed by atoms with E-state index in [-0.39, 0.29) is 41.5 Å². The zero-order valence-electron chi connectivity index (χ0n) is 13.1. The first-order valence-electron chi connectivity index (χ1n) is 7.39. The molecule has 0 saturated carbocycles. The van der Waals surface area contributed by atoms with Crippen molar-refractivity contribution < 1.29 is 23.0 Å². The van der Waals surface area contributed by atoms with Crippen molar-refractivity contribution in [2.45, 2.75) is 18.8 Å². The largest absolute Gasteiger partial charge is 0.486 e. The van der Waals surface area contributed by atoms with E-state index in [1.165, 1.54) is 35.9 Å². The van der Waals surface area contributed by atoms with Gasteiger partial charge < -0.3 is 9.84 Å². The number of nitrogens with zero attached hydrogens (tertiary/aromatic N) is 4. The number of alkyl halides is 3. The topological polar surface area (TPSA) is 82.9 Å². The lowest BCUT2D eigenvalue weighted by Gasteiger charge is -2.16. The third-order valence-electron chi connectivity index (χ3n) is 3.46. The van der Waals surface area contributed by atoms with Crippen molar-refractivity contribution in [2.24, 2.45) is 5.10 Å². The van der Waals surface area contributed by atoms with Gasteiger partial charge in [-0.25, -0.2) is 9.97 Å². The number of nitrogens with one attached hydrogen (secondary N) is 1. The zero-order chi connectivity index (χ0) is 18.7. The monoisotopic (exact) mass is 387 g/mol. The van der Waals surface area contributed by atoms with Crippen LogP contribution in [0.15, 0.2) is 35.7 Å². The highest BCUT2D eigenvalue weighted by atomic mass is 35.5. The standard InChI is InChI=1S/C15H13ClF3N5O2/c16-13-3-1-2-12(15(17,18)19)11(13)8-26-10-5-20-14(21-6-10)24-22-4-9(7-25)23-24/h1-6,9,23,25H,7-8H2. The fourth-order valence-corrected chi connectivity index (χ4v) is 2.42. The molecule has 11 heteroatoms. The smallest absolute Gasteiger partial charge is 0.416 e. The summed E-state index contributed by atoms with van der Waals surface area (Å²) >= 11 is 5.88. The molecule has 0 saturated heterocycles. The summed E-state index contributed by atoms with van der Waals surface area (Å²) in [7, 11) is 0. The first-order valence-corrected chi connectivity index (χ1v) is 7.77. The van der Waals surface area contributed by atoms with Crippen molar-refractivity contribution in [2.75, 3.05) is 11.7 Å². The molecule has 0 aliphatic carbocycles. The molecule has 1 atom stereocenters. The first-order chi connectivity index (χ1) is 12.4. The number of anilines is 1. The van der Waals surface area contributed by atoms with E-state index in [1.54, 1.807) is 0 Å². The second-order valence-corrected chi connectivity index (χ2v) is 5.67. The summed E-state index contributed by atoms with van der Waals surface area (Å²) in [6, 6.07) is 3.20. The highest BCUT2D eigenvalue weighted by Gasteiger charge is 2.34. The molecule has 0 amide bonds. The molecule has 1 unspecified atom stereocenters. The van der Waals surface area contributed by atoms with Crippen LogP contribution < -0.4 is 15.3 Å². The number of hydrogen-bond acceptors (Lipinski definition) is 7. The average Bonchev–Trinajstić information content (AvgIpc) is 3.09. The number of hydrogen-bond donors (Lipinski definition) is 2. The van der Waals surface area contributed by atoms with Gasteiger partial charge in [0.15, 0.2) is 5.75 Å². The Labute approximate surface area is 151 Å². The number of aromatic nitrogens is 2. The Kier molecular flexibility index (Phi) is 5.25. The normalized spacial score (nSPS) is 17.0. The number of ether oxygens (including phenoxy) is 1. The minimum atomic E-state index is -4.54. The maximum Gasteiger partial charge on any atom is 0.416 e. The van der Waals surface area contributed by atoms with Crippen LogP contribution in [-0.4, -0.2) is 33.9 Å². The lowest BCUT2D eigenvalue weighted by atomic mass is 10.1. The van der Waals surface area contributed by atoms with Crippen molar-refractivity contribution in [3.63, 3.8) is 0 Å². The summed E-state index contributed by atoms with van der Waals surface area (Å²) in [6.07, 6.45) is -0.442. The molecular formula is C15H13ClF3N5O2. The molecule has 2 aromatic rings. The van der Waals surface area contributed by atoms with Crippen LogP contribution in [0.25, 0.3) is 0 Å². The van der Waals surface area contributed by atoms with Crippen LogP contribution in [0, 0.1) is 0 Å². The van der Waals surface area contributed by atoms with Gasteiger partial charge in [-0.3, -0.25) is 0 Å². The van der Waals surface area contributed by atoms with E-state index < -0.39 is 11.7 Å². The van der Waals surface area contributed by atoms with Crippen LogP contribution in [0.1, 0.15) is 11.1 Å². The summed E-state index contributed by atoms with van der Waals surface area (Å²) in [4.78, 5) is 8.02. The highest BCUT2D eigenvalue weighted by molar-refractivity contribution is 6.31. The molecule has 2 heterocycles. The second-order valence-electron chi connectivity index (χ2n) is 5.27. The Morgan fingerprint density at radius 1 is 1.27 bits per heavy atom. The van der Waals surface area contributed by atoms with Crippen LogP contribution >= 0.6 is 11.6 Å². The molecule has 0 spiro atoms. The summed E-state index contributed by atoms with van der Waals surface area (Å²) in [5, 5.41) is 14.2. The van der Waals surface area contributed by atoms with E-state index in [9.17, 15) is 13.2 Å². The van der Waals surface area contributed by atoms with Crippen LogP contribution in [-0.2, 0) is 12.8 Å². The van der Waals surface area contributed by atoms with Crippen molar-refractivity contribution in [1.29, 1.82) is 0 Å². The minimum Gasteiger partial charge on any atom is -0.486 e. The van der Waals surface area contributed by atoms with E-state index >= 15 is 0 Å². The number of hydrazine groups is 1. The Balaban J connectivity index is 1.69. The van der Waals surface area contributed by atoms with Crippen LogP contribution in [0.2, 0.25) is 5.02 Å². The molecule has 0 fully saturated rings. The van der Waals surface area contributed by atoms with Gasteiger partial charge in [0.25, 0.3) is 5.95 Å². The second kappa shape index (κ2) is 7.44. The maximum absolute atomic E-state index is 13.1. The SMILES string of the molecule is OCC1C=NN(c2ncc(OCc3c(Cl)cccc3C(F)(F)F)cn2)N1. The highest BCUT2D eigenvalue weighted by Crippen LogP contribution is 2.35. The lowest BCUT2D eigenvalue weighted by Crippen LogP contribution is -2.38. The molecule has 1 aliphatic heterocycles. The Hall–Kier alpha value is -2.43. The minimum absolute atomic E-state index is 0.0389. The van der Waals surface area contributed by atoms with Crippen molar-refractivity contribution in [1.82, 2.24) is 15.4 Å². The molecule has 138 valence electrons. The van der Waals surface area contributed by atoms with Crippen LogP contribution in [0.3, 0.4) is 0 Å². The molecule has 0 bridgehead atoms. The number of benzene rings is 1. The molecule has 26 heavy (non-hydrogen) atoms. The van der Waals surface area contributed by atoms with Gasteiger partial charge in [0, 0.05) is 16.8 Å². The van der Waals surface area contributed by atoms with Crippen molar-refractivity contribution >= 4 is 23.8 Å². The fraction of sp³-hybridized carbons (Fsp3) is 0.267. The van der Waals surface area contributed by atoms with Gasteiger partial charge in [-0.2, -0.15) is 28.8 Å². The van der Waals surface area contributed by atoms with E-state index in [0.717, 1.165) is 6.07 Å². The number of aliphatic hydroxyl groups is 1. The van der Waals surface area contributed by atoms with Gasteiger partial charge in [-0.15, -0.1) is 0 Å². The summed E-state index contributed by atoms with van der Waals surface area (Å²) in [6.45, 7) is -0.523. The molecule has 1 aliphatic rings. The Bertz CT molecular complexity index is 801. The molecule has 7 nitrogen and oxygen atoms in total. The van der Waals surface area contributed by atoms with Gasteiger partial charge in [-0.05, 0) is 12.1 Å². The van der Waals surface area contributed by atoms with Gasteiger partial charge in [0.05, 0.1) is 30.6 Å². The molecule has 2 N–H and O–H groups in total. The third-order valence-corrected chi connectivity index (χ3v) is 3.81. The molecule has 1 aromatic carbocycles. The number of rotatable bonds is 5. The number of halogens is 4. The summed E-state index contributed by atoms with van der Waals surface area (Å²) < 4.78 is 44.5. The molecular weight excluding hydrogens is 375 g/mol. The van der Waals surface area contributed by atoms with Crippen molar-refractivity contribution in [3.05, 3.63) is 46.7 Å². The average molecular weight is 388 g/mol. The summed E-state index contributed by atoms with van der Waals surface area (Å²) in [5.41, 5.74) is 1.80. The molecule has 3 rings (SSSR count). The quantitative estimate of drug-likeness (QED) is 0.819. The third kappa shape index (κ3) is 4.03. The predicted octanol–water partition coefficient (Wildman–Crippen LogP) is 2.40. The van der Waals surface area contributed by atoms with Gasteiger partial charge >= 0.3 is 6.18 Å². The number of aliphatic hydroxyl groups excluding tert-OH is 1. The predicted molar refractivity (Wildman–Crippen MR) is 87.8 cm³/mol. The van der Waals surface area contributed by atoms with Crippen molar-refractivity contribution in [3.8, 4) is 5.75 Å².